The topological polar surface area (TPSA) is 35.5 Å². The predicted molar refractivity (Wildman–Crippen MR) is 94.2 cm³/mol. The van der Waals surface area contributed by atoms with Crippen LogP contribution in [-0.2, 0) is 0 Å². The molecule has 1 aliphatic rings. The van der Waals surface area contributed by atoms with Crippen LogP contribution in [0, 0.1) is 0 Å². The standard InChI is InChI=1S/C15H21ClN2O.2ClH/c1-2-3-4-14(18-9-7-17-8-10-18)12-5-6-15(19)13(16)11-12;;/h2,5-6,11,14,17,19H,1,3-4,7-10H2;2*1H/t14-;;/m1../s1. The van der Waals surface area contributed by atoms with E-state index in [-0.39, 0.29) is 30.6 Å². The molecule has 1 aliphatic heterocycles. The van der Waals surface area contributed by atoms with E-state index in [1.165, 1.54) is 5.56 Å². The number of benzene rings is 1. The van der Waals surface area contributed by atoms with E-state index in [1.807, 2.05) is 18.2 Å². The van der Waals surface area contributed by atoms with E-state index in [9.17, 15) is 5.11 Å². The number of phenolic OH excluding ortho intramolecular Hbond substituents is 1. The van der Waals surface area contributed by atoms with E-state index in [1.54, 1.807) is 6.07 Å². The van der Waals surface area contributed by atoms with E-state index in [2.05, 4.69) is 16.8 Å². The Morgan fingerprint density at radius 1 is 1.33 bits per heavy atom. The number of nitrogens with one attached hydrogen (secondary N) is 1. The SMILES string of the molecule is C=CCC[C@H](c1ccc(O)c(Cl)c1)N1CCNCC1.Cl.Cl. The average Bonchev–Trinajstić information content (AvgIpc) is 2.44. The molecule has 1 heterocycles. The summed E-state index contributed by atoms with van der Waals surface area (Å²) in [5.41, 5.74) is 1.17. The Bertz CT molecular complexity index is 437. The maximum Gasteiger partial charge on any atom is 0.134 e. The number of aromatic hydroxyl groups is 1. The van der Waals surface area contributed by atoms with Crippen molar-refractivity contribution in [3.63, 3.8) is 0 Å². The Morgan fingerprint density at radius 2 is 2.00 bits per heavy atom. The number of rotatable bonds is 5. The minimum Gasteiger partial charge on any atom is -0.506 e. The summed E-state index contributed by atoms with van der Waals surface area (Å²) in [5, 5.41) is 13.3. The van der Waals surface area contributed by atoms with Gasteiger partial charge in [-0.05, 0) is 30.5 Å². The largest absolute Gasteiger partial charge is 0.506 e. The van der Waals surface area contributed by atoms with Crippen molar-refractivity contribution in [3.05, 3.63) is 41.4 Å². The highest BCUT2D eigenvalue weighted by molar-refractivity contribution is 6.32. The van der Waals surface area contributed by atoms with E-state index in [0.29, 0.717) is 11.1 Å². The summed E-state index contributed by atoms with van der Waals surface area (Å²) in [6, 6.07) is 5.88. The first kappa shape index (κ1) is 20.6. The van der Waals surface area contributed by atoms with Crippen LogP contribution in [0.2, 0.25) is 5.02 Å². The summed E-state index contributed by atoms with van der Waals surface area (Å²) in [4.78, 5) is 2.47. The van der Waals surface area contributed by atoms with Gasteiger partial charge in [0.1, 0.15) is 5.75 Å². The normalized spacial score (nSPS) is 16.4. The van der Waals surface area contributed by atoms with Gasteiger partial charge >= 0.3 is 0 Å². The summed E-state index contributed by atoms with van der Waals surface area (Å²) >= 11 is 6.03. The zero-order valence-corrected chi connectivity index (χ0v) is 14.3. The number of piperazine rings is 1. The number of hydrogen-bond acceptors (Lipinski definition) is 3. The third kappa shape index (κ3) is 5.68. The van der Waals surface area contributed by atoms with Crippen LogP contribution in [0.3, 0.4) is 0 Å². The van der Waals surface area contributed by atoms with Crippen LogP contribution in [0.5, 0.6) is 5.75 Å². The van der Waals surface area contributed by atoms with Gasteiger partial charge in [-0.15, -0.1) is 31.4 Å². The summed E-state index contributed by atoms with van der Waals surface area (Å²) in [7, 11) is 0. The van der Waals surface area contributed by atoms with Crippen molar-refractivity contribution < 1.29 is 5.11 Å². The molecule has 0 aromatic heterocycles. The fourth-order valence-electron chi connectivity index (χ4n) is 2.56. The fourth-order valence-corrected chi connectivity index (χ4v) is 2.75. The highest BCUT2D eigenvalue weighted by Gasteiger charge is 2.22. The lowest BCUT2D eigenvalue weighted by Gasteiger charge is -2.35. The van der Waals surface area contributed by atoms with Gasteiger partial charge in [-0.1, -0.05) is 23.7 Å². The molecule has 2 N–H and O–H groups in total. The zero-order chi connectivity index (χ0) is 13.7. The molecule has 1 atom stereocenters. The molecule has 0 radical (unpaired) electrons. The predicted octanol–water partition coefficient (Wildman–Crippen LogP) is 3.80. The molecule has 0 aliphatic carbocycles. The molecule has 1 aromatic carbocycles. The lowest BCUT2D eigenvalue weighted by Crippen LogP contribution is -2.45. The highest BCUT2D eigenvalue weighted by Crippen LogP contribution is 2.31. The second-order valence-electron chi connectivity index (χ2n) is 4.88. The van der Waals surface area contributed by atoms with Crippen LogP contribution >= 0.6 is 36.4 Å². The minimum atomic E-state index is 0. The Morgan fingerprint density at radius 3 is 2.57 bits per heavy atom. The first-order chi connectivity index (χ1) is 9.22. The van der Waals surface area contributed by atoms with Crippen LogP contribution in [0.4, 0.5) is 0 Å². The molecule has 3 nitrogen and oxygen atoms in total. The smallest absolute Gasteiger partial charge is 0.134 e. The van der Waals surface area contributed by atoms with Gasteiger partial charge in [0.05, 0.1) is 5.02 Å². The molecule has 2 rings (SSSR count). The lowest BCUT2D eigenvalue weighted by atomic mass is 9.99. The van der Waals surface area contributed by atoms with Crippen molar-refractivity contribution in [3.8, 4) is 5.75 Å². The molecule has 0 saturated carbocycles. The highest BCUT2D eigenvalue weighted by atomic mass is 35.5. The van der Waals surface area contributed by atoms with E-state index in [4.69, 9.17) is 11.6 Å². The van der Waals surface area contributed by atoms with Crippen molar-refractivity contribution in [2.75, 3.05) is 26.2 Å². The van der Waals surface area contributed by atoms with Crippen LogP contribution in [0.1, 0.15) is 24.4 Å². The molecule has 21 heavy (non-hydrogen) atoms. The quantitative estimate of drug-likeness (QED) is 0.790. The Balaban J connectivity index is 0.00000200. The summed E-state index contributed by atoms with van der Waals surface area (Å²) < 4.78 is 0. The number of allylic oxidation sites excluding steroid dienone is 1. The number of phenols is 1. The summed E-state index contributed by atoms with van der Waals surface area (Å²) in [6.45, 7) is 7.94. The fraction of sp³-hybridized carbons (Fsp3) is 0.467. The van der Waals surface area contributed by atoms with Gasteiger partial charge in [-0.2, -0.15) is 0 Å². The van der Waals surface area contributed by atoms with Gasteiger partial charge in [0.15, 0.2) is 0 Å². The second kappa shape index (κ2) is 10.3. The second-order valence-corrected chi connectivity index (χ2v) is 5.29. The molecule has 0 amide bonds. The summed E-state index contributed by atoms with van der Waals surface area (Å²) in [6.07, 6.45) is 3.97. The lowest BCUT2D eigenvalue weighted by molar-refractivity contribution is 0.166. The molecule has 1 aromatic rings. The first-order valence-corrected chi connectivity index (χ1v) is 7.14. The van der Waals surface area contributed by atoms with Crippen LogP contribution in [0.15, 0.2) is 30.9 Å². The van der Waals surface area contributed by atoms with Gasteiger partial charge in [-0.25, -0.2) is 0 Å². The monoisotopic (exact) mass is 352 g/mol. The maximum atomic E-state index is 9.54. The molecule has 6 heteroatoms. The maximum absolute atomic E-state index is 9.54. The van der Waals surface area contributed by atoms with E-state index >= 15 is 0 Å². The van der Waals surface area contributed by atoms with Crippen molar-refractivity contribution >= 4 is 36.4 Å². The molecule has 120 valence electrons. The Labute approximate surface area is 144 Å². The molecule has 1 saturated heterocycles. The molecule has 0 unspecified atom stereocenters. The van der Waals surface area contributed by atoms with Gasteiger partial charge in [-0.3, -0.25) is 4.90 Å². The Kier molecular flexibility index (Phi) is 10.1. The van der Waals surface area contributed by atoms with Gasteiger partial charge < -0.3 is 10.4 Å². The molecule has 1 fully saturated rings. The number of hydrogen-bond donors (Lipinski definition) is 2. The van der Waals surface area contributed by atoms with Crippen LogP contribution in [-0.4, -0.2) is 36.2 Å². The van der Waals surface area contributed by atoms with Crippen molar-refractivity contribution in [2.24, 2.45) is 0 Å². The zero-order valence-electron chi connectivity index (χ0n) is 11.9. The number of halogens is 3. The molecule has 0 bridgehead atoms. The van der Waals surface area contributed by atoms with Crippen molar-refractivity contribution in [2.45, 2.75) is 18.9 Å². The third-order valence-corrected chi connectivity index (χ3v) is 3.90. The van der Waals surface area contributed by atoms with Gasteiger partial charge in [0.2, 0.25) is 0 Å². The van der Waals surface area contributed by atoms with Crippen molar-refractivity contribution in [1.29, 1.82) is 0 Å². The van der Waals surface area contributed by atoms with Crippen LogP contribution < -0.4 is 5.32 Å². The Hall–Kier alpha value is -0.450. The summed E-state index contributed by atoms with van der Waals surface area (Å²) in [5.74, 6) is 0.146. The third-order valence-electron chi connectivity index (χ3n) is 3.59. The van der Waals surface area contributed by atoms with Gasteiger partial charge in [0, 0.05) is 32.2 Å². The molecule has 0 spiro atoms. The number of nitrogens with zero attached hydrogens (tertiary/aromatic N) is 1. The van der Waals surface area contributed by atoms with Crippen molar-refractivity contribution in [1.82, 2.24) is 10.2 Å². The molecular formula is C15H23Cl3N2O. The molecular weight excluding hydrogens is 331 g/mol. The first-order valence-electron chi connectivity index (χ1n) is 6.76. The van der Waals surface area contributed by atoms with E-state index in [0.717, 1.165) is 39.0 Å². The average molecular weight is 354 g/mol. The van der Waals surface area contributed by atoms with E-state index < -0.39 is 0 Å². The van der Waals surface area contributed by atoms with Gasteiger partial charge in [0.25, 0.3) is 0 Å². The van der Waals surface area contributed by atoms with Crippen LogP contribution in [0.25, 0.3) is 0 Å². The minimum absolute atomic E-state index is 0.